The largest absolute Gasteiger partial charge is 0.497 e. The molecule has 3 aromatic rings. The molecular formula is C20H20N2O5S2. The van der Waals surface area contributed by atoms with Gasteiger partial charge in [0.1, 0.15) is 11.5 Å². The number of nitrogens with one attached hydrogen (secondary N) is 1. The summed E-state index contributed by atoms with van der Waals surface area (Å²) in [4.78, 5) is 17.0. The van der Waals surface area contributed by atoms with E-state index in [-0.39, 0.29) is 11.7 Å². The lowest BCUT2D eigenvalue weighted by Gasteiger charge is -2.08. The lowest BCUT2D eigenvalue weighted by molar-refractivity contribution is 0.102. The second-order valence-electron chi connectivity index (χ2n) is 6.33. The van der Waals surface area contributed by atoms with Crippen molar-refractivity contribution in [3.8, 4) is 22.8 Å². The van der Waals surface area contributed by atoms with Crippen LogP contribution in [0, 0.1) is 0 Å². The van der Waals surface area contributed by atoms with Crippen molar-refractivity contribution >= 4 is 32.2 Å². The van der Waals surface area contributed by atoms with Gasteiger partial charge >= 0.3 is 0 Å². The molecular weight excluding hydrogens is 412 g/mol. The molecule has 9 heteroatoms. The molecule has 0 radical (unpaired) electrons. The fourth-order valence-corrected chi connectivity index (χ4v) is 4.23. The molecule has 0 fully saturated rings. The number of hydrogen-bond acceptors (Lipinski definition) is 7. The Hall–Kier alpha value is -2.91. The Morgan fingerprint density at radius 1 is 1.14 bits per heavy atom. The third kappa shape index (κ3) is 5.33. The minimum atomic E-state index is -3.18. The highest BCUT2D eigenvalue weighted by molar-refractivity contribution is 7.89. The first-order valence-electron chi connectivity index (χ1n) is 8.55. The summed E-state index contributed by atoms with van der Waals surface area (Å²) in [6, 6.07) is 11.9. The summed E-state index contributed by atoms with van der Waals surface area (Å²) in [6.07, 6.45) is 1.16. The Kier molecular flexibility index (Phi) is 6.19. The molecule has 3 rings (SSSR count). The van der Waals surface area contributed by atoms with Crippen molar-refractivity contribution in [2.45, 2.75) is 5.75 Å². The maximum absolute atomic E-state index is 12.6. The smallest absolute Gasteiger partial charge is 0.257 e. The molecule has 0 saturated heterocycles. The van der Waals surface area contributed by atoms with E-state index in [4.69, 9.17) is 9.47 Å². The van der Waals surface area contributed by atoms with Gasteiger partial charge < -0.3 is 9.47 Å². The fraction of sp³-hybridized carbons (Fsp3) is 0.200. The van der Waals surface area contributed by atoms with E-state index < -0.39 is 9.84 Å². The van der Waals surface area contributed by atoms with Crippen LogP contribution >= 0.6 is 11.3 Å². The molecule has 1 amide bonds. The molecule has 7 nitrogen and oxygen atoms in total. The molecule has 0 atom stereocenters. The summed E-state index contributed by atoms with van der Waals surface area (Å²) in [5.41, 5.74) is 2.31. The van der Waals surface area contributed by atoms with Gasteiger partial charge in [-0.3, -0.25) is 10.1 Å². The molecule has 1 aromatic heterocycles. The number of sulfone groups is 1. The number of ether oxygens (including phenoxy) is 2. The zero-order chi connectivity index (χ0) is 21.0. The Balaban J connectivity index is 1.80. The average Bonchev–Trinajstić information content (AvgIpc) is 3.14. The van der Waals surface area contributed by atoms with Crippen molar-refractivity contribution < 1.29 is 22.7 Å². The Labute approximate surface area is 173 Å². The van der Waals surface area contributed by atoms with E-state index in [0.717, 1.165) is 11.8 Å². The number of amides is 1. The molecule has 2 aromatic carbocycles. The summed E-state index contributed by atoms with van der Waals surface area (Å²) in [6.45, 7) is 0. The highest BCUT2D eigenvalue weighted by Gasteiger charge is 2.14. The third-order valence-corrected chi connectivity index (χ3v) is 5.64. The molecule has 29 heavy (non-hydrogen) atoms. The van der Waals surface area contributed by atoms with Crippen molar-refractivity contribution in [3.05, 3.63) is 59.0 Å². The van der Waals surface area contributed by atoms with E-state index in [1.165, 1.54) is 11.3 Å². The number of anilines is 1. The van der Waals surface area contributed by atoms with Gasteiger partial charge in [-0.2, -0.15) is 0 Å². The van der Waals surface area contributed by atoms with Gasteiger partial charge in [0.25, 0.3) is 5.91 Å². The lowest BCUT2D eigenvalue weighted by atomic mass is 10.1. The topological polar surface area (TPSA) is 94.6 Å². The Bertz CT molecular complexity index is 1140. The van der Waals surface area contributed by atoms with Crippen LogP contribution in [-0.4, -0.2) is 39.8 Å². The van der Waals surface area contributed by atoms with Gasteiger partial charge in [0, 0.05) is 22.8 Å². The van der Waals surface area contributed by atoms with Gasteiger partial charge in [-0.05, 0) is 35.9 Å². The third-order valence-electron chi connectivity index (χ3n) is 4.03. The van der Waals surface area contributed by atoms with E-state index in [1.54, 1.807) is 50.6 Å². The number of carbonyl (C=O) groups is 1. The van der Waals surface area contributed by atoms with Crippen LogP contribution in [0.1, 0.15) is 15.9 Å². The SMILES string of the molecule is COc1ccc(OC)c(-c2csc(NC(=O)c3cccc(CS(C)(=O)=O)c3)n2)c1. The zero-order valence-corrected chi connectivity index (χ0v) is 17.8. The Morgan fingerprint density at radius 2 is 1.93 bits per heavy atom. The minimum Gasteiger partial charge on any atom is -0.497 e. The number of thiazole rings is 1. The summed E-state index contributed by atoms with van der Waals surface area (Å²) >= 11 is 1.28. The maximum atomic E-state index is 12.6. The van der Waals surface area contributed by atoms with Gasteiger partial charge in [0.2, 0.25) is 0 Å². The number of hydrogen-bond donors (Lipinski definition) is 1. The average molecular weight is 433 g/mol. The molecule has 0 saturated carbocycles. The molecule has 1 heterocycles. The minimum absolute atomic E-state index is 0.120. The number of carbonyl (C=O) groups excluding carboxylic acids is 1. The quantitative estimate of drug-likeness (QED) is 0.613. The monoisotopic (exact) mass is 432 g/mol. The van der Waals surface area contributed by atoms with Crippen LogP contribution in [0.3, 0.4) is 0 Å². The molecule has 0 aliphatic heterocycles. The van der Waals surface area contributed by atoms with Crippen LogP contribution in [-0.2, 0) is 15.6 Å². The number of nitrogens with zero attached hydrogens (tertiary/aromatic N) is 1. The number of aromatic nitrogens is 1. The van der Waals surface area contributed by atoms with E-state index in [1.807, 2.05) is 11.4 Å². The van der Waals surface area contributed by atoms with Crippen LogP contribution < -0.4 is 14.8 Å². The van der Waals surface area contributed by atoms with E-state index in [0.29, 0.717) is 33.5 Å². The molecule has 0 aliphatic rings. The second kappa shape index (κ2) is 8.62. The van der Waals surface area contributed by atoms with Gasteiger partial charge in [-0.1, -0.05) is 12.1 Å². The van der Waals surface area contributed by atoms with E-state index >= 15 is 0 Å². The predicted octanol–water partition coefficient (Wildman–Crippen LogP) is 3.62. The molecule has 1 N–H and O–H groups in total. The summed E-state index contributed by atoms with van der Waals surface area (Å²) in [7, 11) is -0.0295. The predicted molar refractivity (Wildman–Crippen MR) is 114 cm³/mol. The summed E-state index contributed by atoms with van der Waals surface area (Å²) in [5.74, 6) is 0.828. The van der Waals surface area contributed by atoms with E-state index in [9.17, 15) is 13.2 Å². The van der Waals surface area contributed by atoms with Crippen molar-refractivity contribution in [1.29, 1.82) is 0 Å². The summed E-state index contributed by atoms with van der Waals surface area (Å²) in [5, 5.41) is 4.98. The number of rotatable bonds is 7. The lowest BCUT2D eigenvalue weighted by Crippen LogP contribution is -2.12. The number of methoxy groups -OCH3 is 2. The van der Waals surface area contributed by atoms with Crippen LogP contribution in [0.25, 0.3) is 11.3 Å². The van der Waals surface area contributed by atoms with Crippen LogP contribution in [0.4, 0.5) is 5.13 Å². The van der Waals surface area contributed by atoms with Crippen LogP contribution in [0.5, 0.6) is 11.5 Å². The van der Waals surface area contributed by atoms with Gasteiger partial charge in [0.15, 0.2) is 15.0 Å². The molecule has 0 spiro atoms. The normalized spacial score (nSPS) is 11.1. The first-order chi connectivity index (χ1) is 13.8. The second-order valence-corrected chi connectivity index (χ2v) is 9.33. The maximum Gasteiger partial charge on any atom is 0.257 e. The highest BCUT2D eigenvalue weighted by Crippen LogP contribution is 2.35. The van der Waals surface area contributed by atoms with Crippen LogP contribution in [0.15, 0.2) is 47.8 Å². The first kappa shape index (κ1) is 20.8. The Morgan fingerprint density at radius 3 is 2.62 bits per heavy atom. The van der Waals surface area contributed by atoms with Gasteiger partial charge in [-0.15, -0.1) is 11.3 Å². The van der Waals surface area contributed by atoms with Crippen molar-refractivity contribution in [1.82, 2.24) is 4.98 Å². The number of benzene rings is 2. The van der Waals surface area contributed by atoms with Crippen molar-refractivity contribution in [2.75, 3.05) is 25.8 Å². The van der Waals surface area contributed by atoms with Gasteiger partial charge in [0.05, 0.1) is 25.7 Å². The molecule has 0 unspecified atom stereocenters. The van der Waals surface area contributed by atoms with E-state index in [2.05, 4.69) is 10.3 Å². The molecule has 0 bridgehead atoms. The van der Waals surface area contributed by atoms with Gasteiger partial charge in [-0.25, -0.2) is 13.4 Å². The fourth-order valence-electron chi connectivity index (χ4n) is 2.74. The molecule has 0 aliphatic carbocycles. The first-order valence-corrected chi connectivity index (χ1v) is 11.5. The van der Waals surface area contributed by atoms with Crippen molar-refractivity contribution in [2.24, 2.45) is 0 Å². The highest BCUT2D eigenvalue weighted by atomic mass is 32.2. The van der Waals surface area contributed by atoms with Crippen LogP contribution in [0.2, 0.25) is 0 Å². The van der Waals surface area contributed by atoms with Crippen molar-refractivity contribution in [3.63, 3.8) is 0 Å². The summed E-state index contributed by atoms with van der Waals surface area (Å²) < 4.78 is 33.6. The standard InChI is InChI=1S/C20H20N2O5S2/c1-26-15-7-8-18(27-2)16(10-15)17-11-28-20(21-17)22-19(23)14-6-4-5-13(9-14)12-29(3,24)25/h4-11H,12H2,1-3H3,(H,21,22,23). The zero-order valence-electron chi connectivity index (χ0n) is 16.1. The molecule has 152 valence electrons.